The van der Waals surface area contributed by atoms with Crippen LogP contribution in [0.15, 0.2) is 47.8 Å². The van der Waals surface area contributed by atoms with E-state index in [-0.39, 0.29) is 29.5 Å². The molecule has 4 rings (SSSR count). The number of hydrogen-bond acceptors (Lipinski definition) is 4. The maximum Gasteiger partial charge on any atom is 0.410 e. The molecule has 0 fully saturated rings. The number of benzene rings is 1. The third-order valence-electron chi connectivity index (χ3n) is 4.69. The Bertz CT molecular complexity index is 1000. The van der Waals surface area contributed by atoms with E-state index < -0.39 is 24.2 Å². The van der Waals surface area contributed by atoms with Crippen molar-refractivity contribution in [3.63, 3.8) is 0 Å². The van der Waals surface area contributed by atoms with Gasteiger partial charge in [-0.25, -0.2) is 4.68 Å². The number of rotatable bonds is 4. The highest BCUT2D eigenvalue weighted by Crippen LogP contribution is 2.46. The van der Waals surface area contributed by atoms with Gasteiger partial charge in [0.05, 0.1) is 6.04 Å². The second-order valence-electron chi connectivity index (χ2n) is 6.63. The molecule has 29 heavy (non-hydrogen) atoms. The highest BCUT2D eigenvalue weighted by molar-refractivity contribution is 7.10. The molecule has 2 aromatic heterocycles. The minimum atomic E-state index is -4.53. The first-order valence-electron chi connectivity index (χ1n) is 8.81. The number of carbonyl (C=O) groups excluding carboxylic acids is 1. The molecule has 3 heterocycles. The van der Waals surface area contributed by atoms with Crippen molar-refractivity contribution in [3.05, 3.63) is 69.0 Å². The van der Waals surface area contributed by atoms with E-state index in [2.05, 4.69) is 15.7 Å². The summed E-state index contributed by atoms with van der Waals surface area (Å²) in [6.07, 6.45) is -4.76. The number of nitrogens with zero attached hydrogens (tertiary/aromatic N) is 2. The summed E-state index contributed by atoms with van der Waals surface area (Å²) >= 11 is 7.65. The lowest BCUT2D eigenvalue weighted by Gasteiger charge is -2.32. The van der Waals surface area contributed by atoms with Crippen molar-refractivity contribution < 1.29 is 18.0 Å². The fourth-order valence-corrected chi connectivity index (χ4v) is 4.33. The molecule has 0 bridgehead atoms. The van der Waals surface area contributed by atoms with Crippen LogP contribution in [-0.4, -0.2) is 21.9 Å². The maximum absolute atomic E-state index is 13.7. The Morgan fingerprint density at radius 2 is 2.03 bits per heavy atom. The van der Waals surface area contributed by atoms with E-state index in [1.54, 1.807) is 17.5 Å². The van der Waals surface area contributed by atoms with Gasteiger partial charge in [0.15, 0.2) is 11.7 Å². The first-order chi connectivity index (χ1) is 13.8. The summed E-state index contributed by atoms with van der Waals surface area (Å²) in [6, 6.07) is 10.3. The number of amides is 1. The number of carbonyl (C=O) groups is 1. The van der Waals surface area contributed by atoms with Crippen LogP contribution >= 0.6 is 22.9 Å². The predicted octanol–water partition coefficient (Wildman–Crippen LogP) is 5.19. The number of fused-ring (bicyclic) bond motifs is 1. The van der Waals surface area contributed by atoms with Crippen LogP contribution < -0.4 is 10.6 Å². The highest BCUT2D eigenvalue weighted by Gasteiger charge is 2.48. The average molecular weight is 441 g/mol. The Morgan fingerprint density at radius 3 is 2.69 bits per heavy atom. The number of anilines is 1. The molecule has 10 heteroatoms. The molecule has 2 N–H and O–H groups in total. The molecular formula is C19H16ClF3N4OS. The summed E-state index contributed by atoms with van der Waals surface area (Å²) in [6.45, 7) is 0.214. The molecule has 0 saturated carbocycles. The van der Waals surface area contributed by atoms with Crippen LogP contribution in [0.3, 0.4) is 0 Å². The Labute approximate surface area is 173 Å². The third kappa shape index (κ3) is 3.97. The Kier molecular flexibility index (Phi) is 5.26. The minimum absolute atomic E-state index is 0.00324. The van der Waals surface area contributed by atoms with Crippen molar-refractivity contribution in [3.8, 4) is 0 Å². The van der Waals surface area contributed by atoms with Gasteiger partial charge in [0.1, 0.15) is 10.8 Å². The van der Waals surface area contributed by atoms with Gasteiger partial charge in [-0.3, -0.25) is 4.79 Å². The quantitative estimate of drug-likeness (QED) is 0.587. The van der Waals surface area contributed by atoms with E-state index in [9.17, 15) is 18.0 Å². The summed E-state index contributed by atoms with van der Waals surface area (Å²) < 4.78 is 41.9. The minimum Gasteiger partial charge on any atom is -0.361 e. The van der Waals surface area contributed by atoms with Crippen LogP contribution in [0.1, 0.15) is 39.4 Å². The van der Waals surface area contributed by atoms with Crippen molar-refractivity contribution in [1.29, 1.82) is 0 Å². The average Bonchev–Trinajstić information content (AvgIpc) is 3.34. The van der Waals surface area contributed by atoms with Gasteiger partial charge in [0.2, 0.25) is 0 Å². The summed E-state index contributed by atoms with van der Waals surface area (Å²) in [5, 5.41) is 11.3. The summed E-state index contributed by atoms with van der Waals surface area (Å²) in [7, 11) is 0. The number of alkyl halides is 3. The Hall–Kier alpha value is -2.52. The molecule has 1 amide bonds. The molecule has 1 aromatic carbocycles. The van der Waals surface area contributed by atoms with Crippen LogP contribution in [0.5, 0.6) is 0 Å². The number of hydrogen-bond donors (Lipinski definition) is 2. The molecule has 0 saturated heterocycles. The smallest absolute Gasteiger partial charge is 0.361 e. The fraction of sp³-hybridized carbons (Fsp3) is 0.263. The molecule has 152 valence electrons. The van der Waals surface area contributed by atoms with Gasteiger partial charge in [0.25, 0.3) is 5.91 Å². The van der Waals surface area contributed by atoms with Gasteiger partial charge >= 0.3 is 6.18 Å². The van der Waals surface area contributed by atoms with Crippen molar-refractivity contribution in [2.24, 2.45) is 0 Å². The van der Waals surface area contributed by atoms with Gasteiger partial charge in [-0.15, -0.1) is 11.3 Å². The van der Waals surface area contributed by atoms with Gasteiger partial charge < -0.3 is 10.6 Å². The van der Waals surface area contributed by atoms with Crippen molar-refractivity contribution >= 4 is 34.7 Å². The number of thiophene rings is 1. The standard InChI is InChI=1S/C19H16ClF3N4OS/c20-15-16(18(28)24-10-11-5-2-1-3-6-11)26-27-14(19(21,22)23)9-12(25-17(15)27)13-7-4-8-29-13/h1-8,12,14,25H,9-10H2,(H,24,28)/t12-,14-/m1/s1. The molecule has 0 unspecified atom stereocenters. The monoisotopic (exact) mass is 440 g/mol. The largest absolute Gasteiger partial charge is 0.410 e. The molecule has 0 radical (unpaired) electrons. The van der Waals surface area contributed by atoms with Crippen molar-refractivity contribution in [1.82, 2.24) is 15.1 Å². The first kappa shape index (κ1) is 19.8. The summed E-state index contributed by atoms with van der Waals surface area (Å²) in [5.41, 5.74) is 0.621. The molecule has 2 atom stereocenters. The van der Waals surface area contributed by atoms with E-state index in [4.69, 9.17) is 11.6 Å². The second-order valence-corrected chi connectivity index (χ2v) is 7.99. The topological polar surface area (TPSA) is 59.0 Å². The molecular weight excluding hydrogens is 425 g/mol. The normalized spacial score (nSPS) is 18.8. The Balaban J connectivity index is 1.63. The van der Waals surface area contributed by atoms with Crippen LogP contribution in [0, 0.1) is 0 Å². The molecule has 0 aliphatic carbocycles. The molecule has 0 spiro atoms. The number of nitrogens with one attached hydrogen (secondary N) is 2. The zero-order valence-corrected chi connectivity index (χ0v) is 16.5. The predicted molar refractivity (Wildman–Crippen MR) is 105 cm³/mol. The number of halogens is 4. The zero-order valence-electron chi connectivity index (χ0n) is 14.9. The zero-order chi connectivity index (χ0) is 20.6. The van der Waals surface area contributed by atoms with Crippen LogP contribution in [0.2, 0.25) is 5.02 Å². The van der Waals surface area contributed by atoms with E-state index in [0.29, 0.717) is 0 Å². The lowest BCUT2D eigenvalue weighted by atomic mass is 10.0. The van der Waals surface area contributed by atoms with E-state index >= 15 is 0 Å². The molecule has 1 aliphatic heterocycles. The van der Waals surface area contributed by atoms with Crippen LogP contribution in [0.25, 0.3) is 0 Å². The first-order valence-corrected chi connectivity index (χ1v) is 10.1. The van der Waals surface area contributed by atoms with Crippen LogP contribution in [-0.2, 0) is 6.54 Å². The summed E-state index contributed by atoms with van der Waals surface area (Å²) in [5.74, 6) is -0.625. The lowest BCUT2D eigenvalue weighted by Crippen LogP contribution is -2.35. The van der Waals surface area contributed by atoms with Gasteiger partial charge in [-0.1, -0.05) is 48.0 Å². The van der Waals surface area contributed by atoms with Gasteiger partial charge in [-0.2, -0.15) is 18.3 Å². The van der Waals surface area contributed by atoms with Crippen LogP contribution in [0.4, 0.5) is 19.0 Å². The third-order valence-corrected chi connectivity index (χ3v) is 6.04. The lowest BCUT2D eigenvalue weighted by molar-refractivity contribution is -0.173. The fourth-order valence-electron chi connectivity index (χ4n) is 3.27. The van der Waals surface area contributed by atoms with Crippen molar-refractivity contribution in [2.45, 2.75) is 31.2 Å². The Morgan fingerprint density at radius 1 is 1.28 bits per heavy atom. The van der Waals surface area contributed by atoms with Gasteiger partial charge in [0, 0.05) is 17.8 Å². The highest BCUT2D eigenvalue weighted by atomic mass is 35.5. The summed E-state index contributed by atoms with van der Waals surface area (Å²) in [4.78, 5) is 13.3. The maximum atomic E-state index is 13.7. The van der Waals surface area contributed by atoms with Crippen molar-refractivity contribution in [2.75, 3.05) is 5.32 Å². The van der Waals surface area contributed by atoms with E-state index in [0.717, 1.165) is 15.1 Å². The molecule has 5 nitrogen and oxygen atoms in total. The van der Waals surface area contributed by atoms with Gasteiger partial charge in [-0.05, 0) is 17.0 Å². The molecule has 1 aliphatic rings. The van der Waals surface area contributed by atoms with E-state index in [1.165, 1.54) is 11.3 Å². The molecule has 3 aromatic rings. The SMILES string of the molecule is O=C(NCc1ccccc1)c1nn2c(c1Cl)N[C@@H](c1cccs1)C[C@@H]2C(F)(F)F. The second kappa shape index (κ2) is 7.72. The number of aromatic nitrogens is 2. The van der Waals surface area contributed by atoms with E-state index in [1.807, 2.05) is 30.3 Å².